The summed E-state index contributed by atoms with van der Waals surface area (Å²) < 4.78 is 30.4. The molecule has 4 N–H and O–H groups in total. The second-order valence-electron chi connectivity index (χ2n) is 7.01. The Kier molecular flexibility index (Phi) is 4.66. The molecule has 0 aliphatic heterocycles. The number of nitrogen functional groups attached to an aromatic ring is 1. The zero-order valence-electron chi connectivity index (χ0n) is 16.6. The molecule has 3 heterocycles. The van der Waals surface area contributed by atoms with Crippen molar-refractivity contribution in [3.05, 3.63) is 83.0 Å². The van der Waals surface area contributed by atoms with Crippen molar-refractivity contribution in [1.82, 2.24) is 34.7 Å². The Morgan fingerprint density at radius 1 is 1.06 bits per heavy atom. The highest BCUT2D eigenvalue weighted by Gasteiger charge is 2.19. The van der Waals surface area contributed by atoms with Crippen molar-refractivity contribution in [3.8, 4) is 39.8 Å². The van der Waals surface area contributed by atoms with Gasteiger partial charge in [-0.15, -0.1) is 5.10 Å². The standard InChI is InChI=1S/C21H14F2N8O2/c22-15-2-1-3-16(18(15)23)31-20(27-28-29-31)14-8-12(9-25-19(14)24)11-4-6-13(7-5-11)30-10-17(32)26-21(30)33/h1-10,32H,(H2,24,25)(H,26,33). The van der Waals surface area contributed by atoms with Crippen molar-refractivity contribution in [1.29, 1.82) is 0 Å². The summed E-state index contributed by atoms with van der Waals surface area (Å²) >= 11 is 0. The molecule has 5 aromatic rings. The van der Waals surface area contributed by atoms with E-state index in [4.69, 9.17) is 5.73 Å². The van der Waals surface area contributed by atoms with E-state index in [-0.39, 0.29) is 23.2 Å². The summed E-state index contributed by atoms with van der Waals surface area (Å²) in [4.78, 5) is 18.3. The normalized spacial score (nSPS) is 11.1. The lowest BCUT2D eigenvalue weighted by Gasteiger charge is -2.10. The molecule has 0 saturated heterocycles. The van der Waals surface area contributed by atoms with Gasteiger partial charge in [-0.1, -0.05) is 18.2 Å². The van der Waals surface area contributed by atoms with Gasteiger partial charge in [-0.05, 0) is 46.3 Å². The Morgan fingerprint density at radius 2 is 1.85 bits per heavy atom. The van der Waals surface area contributed by atoms with E-state index in [1.54, 1.807) is 36.5 Å². The smallest absolute Gasteiger partial charge is 0.332 e. The van der Waals surface area contributed by atoms with Gasteiger partial charge < -0.3 is 10.8 Å². The van der Waals surface area contributed by atoms with Gasteiger partial charge in [-0.3, -0.25) is 9.55 Å². The molecule has 0 spiro atoms. The van der Waals surface area contributed by atoms with Crippen LogP contribution in [0, 0.1) is 11.6 Å². The van der Waals surface area contributed by atoms with Gasteiger partial charge in [0.1, 0.15) is 11.5 Å². The minimum Gasteiger partial charge on any atom is -0.493 e. The van der Waals surface area contributed by atoms with Crippen LogP contribution in [0.1, 0.15) is 0 Å². The predicted octanol–water partition coefficient (Wildman–Crippen LogP) is 2.44. The van der Waals surface area contributed by atoms with E-state index in [1.807, 2.05) is 0 Å². The lowest BCUT2D eigenvalue weighted by atomic mass is 10.0. The number of imidazole rings is 1. The highest BCUT2D eigenvalue weighted by molar-refractivity contribution is 5.76. The lowest BCUT2D eigenvalue weighted by molar-refractivity contribution is 0.455. The number of hydrogen-bond acceptors (Lipinski definition) is 7. The van der Waals surface area contributed by atoms with Gasteiger partial charge in [-0.2, -0.15) is 4.68 Å². The average molecular weight is 448 g/mol. The van der Waals surface area contributed by atoms with Gasteiger partial charge >= 0.3 is 5.69 Å². The van der Waals surface area contributed by atoms with Crippen molar-refractivity contribution in [2.75, 3.05) is 5.73 Å². The van der Waals surface area contributed by atoms with E-state index < -0.39 is 17.3 Å². The number of benzene rings is 2. The number of nitrogens with zero attached hydrogens (tertiary/aromatic N) is 6. The molecule has 0 fully saturated rings. The minimum atomic E-state index is -1.10. The second-order valence-corrected chi connectivity index (χ2v) is 7.01. The average Bonchev–Trinajstić information content (AvgIpc) is 3.42. The summed E-state index contributed by atoms with van der Waals surface area (Å²) in [5.41, 5.74) is 7.61. The van der Waals surface area contributed by atoms with Crippen LogP contribution >= 0.6 is 0 Å². The topological polar surface area (TPSA) is 141 Å². The number of tetrazole rings is 1. The highest BCUT2D eigenvalue weighted by atomic mass is 19.2. The number of nitrogens with two attached hydrogens (primary N) is 1. The highest BCUT2D eigenvalue weighted by Crippen LogP contribution is 2.30. The second kappa shape index (κ2) is 7.67. The van der Waals surface area contributed by atoms with E-state index in [0.717, 1.165) is 16.3 Å². The van der Waals surface area contributed by atoms with Crippen LogP contribution in [0.5, 0.6) is 5.88 Å². The summed E-state index contributed by atoms with van der Waals surface area (Å²) in [6.45, 7) is 0. The Morgan fingerprint density at radius 3 is 2.58 bits per heavy atom. The van der Waals surface area contributed by atoms with Crippen LogP contribution in [0.25, 0.3) is 33.9 Å². The van der Waals surface area contributed by atoms with E-state index in [9.17, 15) is 18.7 Å². The van der Waals surface area contributed by atoms with Crippen LogP contribution < -0.4 is 11.4 Å². The molecule has 12 heteroatoms. The minimum absolute atomic E-state index is 0.0809. The van der Waals surface area contributed by atoms with Crippen molar-refractivity contribution in [2.24, 2.45) is 0 Å². The molecule has 0 saturated carbocycles. The maximum atomic E-state index is 14.3. The number of anilines is 1. The molecule has 33 heavy (non-hydrogen) atoms. The molecule has 3 aromatic heterocycles. The third-order valence-corrected chi connectivity index (χ3v) is 4.97. The third-order valence-electron chi connectivity index (χ3n) is 4.97. The van der Waals surface area contributed by atoms with E-state index in [1.165, 1.54) is 22.9 Å². The first-order valence-corrected chi connectivity index (χ1v) is 9.52. The fraction of sp³-hybridized carbons (Fsp3) is 0. The van der Waals surface area contributed by atoms with Crippen LogP contribution in [-0.2, 0) is 0 Å². The SMILES string of the molecule is Nc1ncc(-c2ccc(-n3cc(O)[nH]c3=O)cc2)cc1-c1nnnn1-c1cccc(F)c1F. The number of H-pyrrole nitrogens is 1. The molecular formula is C21H14F2N8O2. The molecule has 164 valence electrons. The van der Waals surface area contributed by atoms with Crippen LogP contribution in [-0.4, -0.2) is 39.8 Å². The van der Waals surface area contributed by atoms with Gasteiger partial charge in [0.05, 0.1) is 17.4 Å². The maximum Gasteiger partial charge on any atom is 0.332 e. The molecule has 0 aliphatic carbocycles. The predicted molar refractivity (Wildman–Crippen MR) is 114 cm³/mol. The molecule has 10 nitrogen and oxygen atoms in total. The number of pyridine rings is 1. The lowest BCUT2D eigenvalue weighted by Crippen LogP contribution is -2.13. The fourth-order valence-corrected chi connectivity index (χ4v) is 3.37. The van der Waals surface area contributed by atoms with Crippen LogP contribution in [0.2, 0.25) is 0 Å². The summed E-state index contributed by atoms with van der Waals surface area (Å²) in [6, 6.07) is 12.2. The van der Waals surface area contributed by atoms with Crippen LogP contribution in [0.4, 0.5) is 14.6 Å². The van der Waals surface area contributed by atoms with Crippen molar-refractivity contribution in [2.45, 2.75) is 0 Å². The summed E-state index contributed by atoms with van der Waals surface area (Å²) in [6.07, 6.45) is 2.81. The first-order valence-electron chi connectivity index (χ1n) is 9.52. The number of aromatic nitrogens is 7. The summed E-state index contributed by atoms with van der Waals surface area (Å²) in [5, 5.41) is 20.7. The maximum absolute atomic E-state index is 14.3. The molecule has 0 radical (unpaired) electrons. The van der Waals surface area contributed by atoms with Crippen molar-refractivity contribution in [3.63, 3.8) is 0 Å². The zero-order chi connectivity index (χ0) is 23.1. The van der Waals surface area contributed by atoms with Gasteiger partial charge in [0.25, 0.3) is 0 Å². The molecule has 0 unspecified atom stereocenters. The van der Waals surface area contributed by atoms with Gasteiger partial charge in [-0.25, -0.2) is 18.6 Å². The quantitative estimate of drug-likeness (QED) is 0.383. The number of halogens is 2. The van der Waals surface area contributed by atoms with Crippen LogP contribution in [0.3, 0.4) is 0 Å². The number of rotatable bonds is 4. The van der Waals surface area contributed by atoms with Crippen molar-refractivity contribution < 1.29 is 13.9 Å². The number of aromatic hydroxyl groups is 1. The van der Waals surface area contributed by atoms with Gasteiger partial charge in [0.15, 0.2) is 17.5 Å². The number of nitrogens with one attached hydrogen (secondary N) is 1. The van der Waals surface area contributed by atoms with E-state index in [0.29, 0.717) is 16.8 Å². The molecule has 5 rings (SSSR count). The molecule has 2 aromatic carbocycles. The Hall–Kier alpha value is -4.87. The van der Waals surface area contributed by atoms with Gasteiger partial charge in [0, 0.05) is 11.8 Å². The number of aromatic amines is 1. The molecule has 0 aliphatic rings. The molecule has 0 atom stereocenters. The zero-order valence-corrected chi connectivity index (χ0v) is 16.6. The summed E-state index contributed by atoms with van der Waals surface area (Å²) in [7, 11) is 0. The number of hydrogen-bond donors (Lipinski definition) is 3. The molecular weight excluding hydrogens is 434 g/mol. The van der Waals surface area contributed by atoms with Gasteiger partial charge in [0.2, 0.25) is 5.88 Å². The Labute approximate surface area is 183 Å². The van der Waals surface area contributed by atoms with Crippen LogP contribution in [0.15, 0.2) is 65.7 Å². The van der Waals surface area contributed by atoms with E-state index >= 15 is 0 Å². The van der Waals surface area contributed by atoms with Crippen molar-refractivity contribution >= 4 is 5.82 Å². The molecule has 0 bridgehead atoms. The third kappa shape index (κ3) is 3.48. The largest absolute Gasteiger partial charge is 0.493 e. The van der Waals surface area contributed by atoms with E-state index in [2.05, 4.69) is 25.5 Å². The first kappa shape index (κ1) is 20.1. The monoisotopic (exact) mass is 448 g/mol. The Balaban J connectivity index is 1.56. The Bertz CT molecular complexity index is 1540. The first-order chi connectivity index (χ1) is 15.9. The summed E-state index contributed by atoms with van der Waals surface area (Å²) in [5.74, 6) is -2.21. The molecule has 0 amide bonds. The fourth-order valence-electron chi connectivity index (χ4n) is 3.37.